The summed E-state index contributed by atoms with van der Waals surface area (Å²) in [4.78, 5) is 27.9. The van der Waals surface area contributed by atoms with Gasteiger partial charge >= 0.3 is 0 Å². The lowest BCUT2D eigenvalue weighted by atomic mass is 9.87. The molecule has 5 aromatic rings. The van der Waals surface area contributed by atoms with Crippen molar-refractivity contribution in [3.63, 3.8) is 0 Å². The normalized spacial score (nSPS) is 15.0. The average Bonchev–Trinajstić information content (AvgIpc) is 3.83. The lowest BCUT2D eigenvalue weighted by Crippen LogP contribution is -2.36. The summed E-state index contributed by atoms with van der Waals surface area (Å²) >= 11 is 0. The Morgan fingerprint density at radius 3 is 2.31 bits per heavy atom. The van der Waals surface area contributed by atoms with E-state index in [-0.39, 0.29) is 5.41 Å². The van der Waals surface area contributed by atoms with Gasteiger partial charge in [-0.15, -0.1) is 0 Å². The topological polar surface area (TPSA) is 74.3 Å². The van der Waals surface area contributed by atoms with E-state index in [1.807, 2.05) is 24.3 Å². The monoisotopic (exact) mass is 601 g/mol. The van der Waals surface area contributed by atoms with Gasteiger partial charge in [0.2, 0.25) is 0 Å². The highest BCUT2D eigenvalue weighted by atomic mass is 16.5. The quantitative estimate of drug-likeness (QED) is 0.200. The smallest absolute Gasteiger partial charge is 0.150 e. The van der Waals surface area contributed by atoms with Gasteiger partial charge in [0.1, 0.15) is 18.3 Å². The van der Waals surface area contributed by atoms with Crippen molar-refractivity contribution in [2.24, 2.45) is 0 Å². The van der Waals surface area contributed by atoms with Crippen LogP contribution in [-0.4, -0.2) is 60.6 Å². The molecule has 1 saturated carbocycles. The molecule has 0 radical (unpaired) electrons. The Labute approximate surface area is 266 Å². The number of anilines is 2. The van der Waals surface area contributed by atoms with Crippen LogP contribution in [0.2, 0.25) is 0 Å². The number of fused-ring (bicyclic) bond motifs is 1. The number of aldehydes is 1. The second-order valence-electron chi connectivity index (χ2n) is 13.1. The summed E-state index contributed by atoms with van der Waals surface area (Å²) in [6, 6.07) is 25.9. The van der Waals surface area contributed by atoms with E-state index in [4.69, 9.17) is 9.72 Å². The number of hydrogen-bond donors (Lipinski definition) is 1. The lowest BCUT2D eigenvalue weighted by Gasteiger charge is -2.28. The summed E-state index contributed by atoms with van der Waals surface area (Å²) in [6.07, 6.45) is 5.09. The Kier molecular flexibility index (Phi) is 8.72. The summed E-state index contributed by atoms with van der Waals surface area (Å²) in [5.41, 5.74) is 11.2. The van der Waals surface area contributed by atoms with Crippen molar-refractivity contribution in [1.29, 1.82) is 0 Å². The molecule has 1 N–H and O–H groups in total. The molecule has 0 unspecified atom stereocenters. The third kappa shape index (κ3) is 6.79. The Morgan fingerprint density at radius 2 is 1.67 bits per heavy atom. The molecule has 0 atom stereocenters. The first-order valence-corrected chi connectivity index (χ1v) is 15.9. The molecule has 3 heterocycles. The number of carbonyl (C=O) groups excluding carboxylic acids is 1. The Hall–Kier alpha value is -4.49. The standard InChI is InChI=1S/C27H29N5O.C11H14O/c1-18-22(4-3-5-25(18)31(2)20-10-11-20)26-23-16-24(30-27(23)29-17-28-26)19-6-8-21(9-7-19)32-12-14-33-15-13-32;1-11(2,3)10-6-4-9(8-12)5-7-10/h3-9,16-17,20H,10-15H2,1-2H3,(H,28,29,30);4-8H,1-3H3. The fourth-order valence-electron chi connectivity index (χ4n) is 5.97. The van der Waals surface area contributed by atoms with Gasteiger partial charge in [-0.25, -0.2) is 9.97 Å². The van der Waals surface area contributed by atoms with Crippen LogP contribution in [-0.2, 0) is 10.2 Å². The number of nitrogens with zero attached hydrogens (tertiary/aromatic N) is 4. The second kappa shape index (κ2) is 12.9. The Balaban J connectivity index is 0.000000252. The number of H-pyrrole nitrogens is 1. The molecule has 0 bridgehead atoms. The van der Waals surface area contributed by atoms with Crippen molar-refractivity contribution in [2.75, 3.05) is 43.2 Å². The molecule has 2 aliphatic rings. The second-order valence-corrected chi connectivity index (χ2v) is 13.1. The SMILES string of the molecule is CC(C)(C)c1ccc(C=O)cc1.Cc1c(-c2ncnc3[nH]c(-c4ccc(N5CCOCC5)cc4)cc23)cccc1N(C)C1CC1. The molecule has 232 valence electrons. The number of ether oxygens (including phenoxy) is 1. The maximum Gasteiger partial charge on any atom is 0.150 e. The summed E-state index contributed by atoms with van der Waals surface area (Å²) in [5, 5.41) is 1.05. The number of aromatic amines is 1. The van der Waals surface area contributed by atoms with Crippen molar-refractivity contribution in [3.05, 3.63) is 95.8 Å². The first kappa shape index (κ1) is 30.5. The molecular formula is C38H43N5O2. The molecule has 0 amide bonds. The van der Waals surface area contributed by atoms with Crippen LogP contribution >= 0.6 is 0 Å². The summed E-state index contributed by atoms with van der Waals surface area (Å²) in [5.74, 6) is 0. The number of benzene rings is 3. The molecule has 2 aromatic heterocycles. The predicted octanol–water partition coefficient (Wildman–Crippen LogP) is 7.83. The predicted molar refractivity (Wildman–Crippen MR) is 184 cm³/mol. The van der Waals surface area contributed by atoms with Gasteiger partial charge in [-0.1, -0.05) is 69.3 Å². The highest BCUT2D eigenvalue weighted by Gasteiger charge is 2.28. The average molecular weight is 602 g/mol. The van der Waals surface area contributed by atoms with E-state index in [2.05, 4.69) is 103 Å². The van der Waals surface area contributed by atoms with Crippen LogP contribution in [0.15, 0.2) is 79.1 Å². The zero-order valence-corrected chi connectivity index (χ0v) is 27.0. The van der Waals surface area contributed by atoms with Crippen LogP contribution < -0.4 is 9.80 Å². The number of carbonyl (C=O) groups is 1. The minimum atomic E-state index is 0.168. The molecule has 3 aromatic carbocycles. The van der Waals surface area contributed by atoms with E-state index in [9.17, 15) is 4.79 Å². The van der Waals surface area contributed by atoms with Gasteiger partial charge in [0.25, 0.3) is 0 Å². The van der Waals surface area contributed by atoms with Crippen molar-refractivity contribution in [2.45, 2.75) is 52.0 Å². The number of aromatic nitrogens is 3. The molecule has 2 fully saturated rings. The van der Waals surface area contributed by atoms with Gasteiger partial charge in [0, 0.05) is 59.8 Å². The Morgan fingerprint density at radius 1 is 0.956 bits per heavy atom. The first-order valence-electron chi connectivity index (χ1n) is 15.9. The molecule has 1 aliphatic carbocycles. The largest absolute Gasteiger partial charge is 0.378 e. The van der Waals surface area contributed by atoms with Gasteiger partial charge in [-0.05, 0) is 66.1 Å². The van der Waals surface area contributed by atoms with E-state index in [1.165, 1.54) is 40.9 Å². The fourth-order valence-corrected chi connectivity index (χ4v) is 5.97. The minimum Gasteiger partial charge on any atom is -0.378 e. The zero-order valence-electron chi connectivity index (χ0n) is 27.0. The fraction of sp³-hybridized carbons (Fsp3) is 0.342. The molecule has 1 aliphatic heterocycles. The van der Waals surface area contributed by atoms with Gasteiger partial charge in [-0.3, -0.25) is 4.79 Å². The van der Waals surface area contributed by atoms with Crippen molar-refractivity contribution < 1.29 is 9.53 Å². The van der Waals surface area contributed by atoms with Gasteiger partial charge in [0.05, 0.1) is 18.9 Å². The third-order valence-corrected chi connectivity index (χ3v) is 8.93. The van der Waals surface area contributed by atoms with E-state index in [0.717, 1.165) is 66.1 Å². The van der Waals surface area contributed by atoms with E-state index >= 15 is 0 Å². The van der Waals surface area contributed by atoms with Crippen molar-refractivity contribution in [3.8, 4) is 22.5 Å². The van der Waals surface area contributed by atoms with Gasteiger partial charge < -0.3 is 19.5 Å². The number of hydrogen-bond acceptors (Lipinski definition) is 6. The molecular weight excluding hydrogens is 558 g/mol. The van der Waals surface area contributed by atoms with E-state index in [0.29, 0.717) is 6.04 Å². The molecule has 7 heteroatoms. The van der Waals surface area contributed by atoms with Crippen LogP contribution in [0.1, 0.15) is 55.1 Å². The van der Waals surface area contributed by atoms with Crippen LogP contribution in [0.25, 0.3) is 33.5 Å². The zero-order chi connectivity index (χ0) is 31.6. The number of rotatable bonds is 6. The lowest BCUT2D eigenvalue weighted by molar-refractivity contribution is 0.112. The highest BCUT2D eigenvalue weighted by molar-refractivity contribution is 5.95. The summed E-state index contributed by atoms with van der Waals surface area (Å²) in [6.45, 7) is 12.1. The van der Waals surface area contributed by atoms with Crippen LogP contribution in [0.3, 0.4) is 0 Å². The van der Waals surface area contributed by atoms with Gasteiger partial charge in [0.15, 0.2) is 0 Å². The molecule has 0 spiro atoms. The maximum atomic E-state index is 10.4. The third-order valence-electron chi connectivity index (χ3n) is 8.93. The van der Waals surface area contributed by atoms with Crippen LogP contribution in [0.4, 0.5) is 11.4 Å². The highest BCUT2D eigenvalue weighted by Crippen LogP contribution is 2.38. The number of nitrogens with one attached hydrogen (secondary N) is 1. The Bertz CT molecular complexity index is 1760. The minimum absolute atomic E-state index is 0.168. The van der Waals surface area contributed by atoms with Crippen molar-refractivity contribution in [1.82, 2.24) is 15.0 Å². The molecule has 45 heavy (non-hydrogen) atoms. The molecule has 7 rings (SSSR count). The number of morpholine rings is 1. The molecule has 7 nitrogen and oxygen atoms in total. The molecule has 1 saturated heterocycles. The summed E-state index contributed by atoms with van der Waals surface area (Å²) in [7, 11) is 2.20. The van der Waals surface area contributed by atoms with E-state index in [1.54, 1.807) is 6.33 Å². The maximum absolute atomic E-state index is 10.4. The van der Waals surface area contributed by atoms with Crippen LogP contribution in [0.5, 0.6) is 0 Å². The van der Waals surface area contributed by atoms with Crippen LogP contribution in [0, 0.1) is 6.92 Å². The summed E-state index contributed by atoms with van der Waals surface area (Å²) < 4.78 is 5.48. The van der Waals surface area contributed by atoms with Gasteiger partial charge in [-0.2, -0.15) is 0 Å². The first-order chi connectivity index (χ1) is 21.7. The van der Waals surface area contributed by atoms with E-state index < -0.39 is 0 Å². The van der Waals surface area contributed by atoms with Crippen molar-refractivity contribution >= 4 is 28.7 Å².